The van der Waals surface area contributed by atoms with E-state index < -0.39 is 0 Å². The van der Waals surface area contributed by atoms with Crippen LogP contribution in [-0.2, 0) is 0 Å². The van der Waals surface area contributed by atoms with Gasteiger partial charge in [-0.05, 0) is 25.1 Å². The number of thiazole rings is 1. The summed E-state index contributed by atoms with van der Waals surface area (Å²) in [5.74, 6) is 0.904. The van der Waals surface area contributed by atoms with E-state index in [0.717, 1.165) is 40.7 Å². The SMILES string of the molecule is Cc1sc(N)nc1-c1ccc2c(c1)NCCO2. The Morgan fingerprint density at radius 1 is 1.47 bits per heavy atom. The number of aromatic nitrogens is 1. The maximum absolute atomic E-state index is 5.72. The lowest BCUT2D eigenvalue weighted by Crippen LogP contribution is -2.17. The van der Waals surface area contributed by atoms with E-state index in [2.05, 4.69) is 16.4 Å². The van der Waals surface area contributed by atoms with Gasteiger partial charge in [0.25, 0.3) is 0 Å². The lowest BCUT2D eigenvalue weighted by Gasteiger charge is -2.19. The molecular formula is C12H13N3OS. The van der Waals surface area contributed by atoms with E-state index in [1.54, 1.807) is 0 Å². The van der Waals surface area contributed by atoms with Crippen LogP contribution in [0.3, 0.4) is 0 Å². The largest absolute Gasteiger partial charge is 0.490 e. The normalized spacial score (nSPS) is 13.7. The van der Waals surface area contributed by atoms with Crippen molar-refractivity contribution in [2.45, 2.75) is 6.92 Å². The van der Waals surface area contributed by atoms with E-state index in [0.29, 0.717) is 5.13 Å². The predicted octanol–water partition coefficient (Wildman–Crippen LogP) is 2.51. The summed E-state index contributed by atoms with van der Waals surface area (Å²) in [5, 5.41) is 3.93. The van der Waals surface area contributed by atoms with Crippen LogP contribution in [0.5, 0.6) is 5.75 Å². The number of rotatable bonds is 1. The Bertz CT molecular complexity index is 565. The van der Waals surface area contributed by atoms with Crippen LogP contribution in [0.4, 0.5) is 10.8 Å². The van der Waals surface area contributed by atoms with Crippen molar-refractivity contribution in [2.24, 2.45) is 0 Å². The number of benzene rings is 1. The van der Waals surface area contributed by atoms with Crippen molar-refractivity contribution < 1.29 is 4.74 Å². The molecule has 2 aromatic rings. The van der Waals surface area contributed by atoms with E-state index in [1.807, 2.05) is 19.1 Å². The zero-order valence-electron chi connectivity index (χ0n) is 9.49. The summed E-state index contributed by atoms with van der Waals surface area (Å²) in [6.07, 6.45) is 0. The second-order valence-corrected chi connectivity index (χ2v) is 5.18. The Morgan fingerprint density at radius 3 is 3.12 bits per heavy atom. The average molecular weight is 247 g/mol. The van der Waals surface area contributed by atoms with Gasteiger partial charge in [-0.1, -0.05) is 0 Å². The molecular weight excluding hydrogens is 234 g/mol. The summed E-state index contributed by atoms with van der Waals surface area (Å²) < 4.78 is 5.54. The highest BCUT2D eigenvalue weighted by Gasteiger charge is 2.13. The predicted molar refractivity (Wildman–Crippen MR) is 70.7 cm³/mol. The number of nitrogens with one attached hydrogen (secondary N) is 1. The Balaban J connectivity index is 2.06. The van der Waals surface area contributed by atoms with Crippen LogP contribution in [-0.4, -0.2) is 18.1 Å². The third-order valence-corrected chi connectivity index (χ3v) is 3.54. The molecule has 0 amide bonds. The van der Waals surface area contributed by atoms with Crippen molar-refractivity contribution in [3.63, 3.8) is 0 Å². The van der Waals surface area contributed by atoms with Crippen molar-refractivity contribution >= 4 is 22.2 Å². The molecule has 0 saturated carbocycles. The first kappa shape index (κ1) is 10.4. The summed E-state index contributed by atoms with van der Waals surface area (Å²) in [6, 6.07) is 6.06. The number of hydrogen-bond donors (Lipinski definition) is 2. The molecule has 88 valence electrons. The highest BCUT2D eigenvalue weighted by atomic mass is 32.1. The molecule has 0 fully saturated rings. The molecule has 17 heavy (non-hydrogen) atoms. The molecule has 0 radical (unpaired) electrons. The van der Waals surface area contributed by atoms with E-state index in [4.69, 9.17) is 10.5 Å². The van der Waals surface area contributed by atoms with Crippen molar-refractivity contribution in [1.29, 1.82) is 0 Å². The third-order valence-electron chi connectivity index (χ3n) is 2.74. The van der Waals surface area contributed by atoms with Crippen LogP contribution in [0.15, 0.2) is 18.2 Å². The number of fused-ring (bicyclic) bond motifs is 1. The van der Waals surface area contributed by atoms with Gasteiger partial charge in [-0.15, -0.1) is 11.3 Å². The molecule has 0 saturated heterocycles. The van der Waals surface area contributed by atoms with Gasteiger partial charge >= 0.3 is 0 Å². The summed E-state index contributed by atoms with van der Waals surface area (Å²) >= 11 is 1.52. The van der Waals surface area contributed by atoms with E-state index in [1.165, 1.54) is 11.3 Å². The Kier molecular flexibility index (Phi) is 2.40. The molecule has 3 N–H and O–H groups in total. The second-order valence-electron chi connectivity index (χ2n) is 3.94. The Hall–Kier alpha value is -1.75. The first-order chi connectivity index (χ1) is 8.24. The van der Waals surface area contributed by atoms with Crippen LogP contribution >= 0.6 is 11.3 Å². The van der Waals surface area contributed by atoms with Crippen molar-refractivity contribution in [3.8, 4) is 17.0 Å². The van der Waals surface area contributed by atoms with Gasteiger partial charge in [0.1, 0.15) is 12.4 Å². The molecule has 4 nitrogen and oxygen atoms in total. The number of hydrogen-bond acceptors (Lipinski definition) is 5. The fourth-order valence-electron chi connectivity index (χ4n) is 1.97. The van der Waals surface area contributed by atoms with Crippen molar-refractivity contribution in [3.05, 3.63) is 23.1 Å². The number of nitrogen functional groups attached to an aromatic ring is 1. The molecule has 0 bridgehead atoms. The number of nitrogens with two attached hydrogens (primary N) is 1. The van der Waals surface area contributed by atoms with Crippen molar-refractivity contribution in [2.75, 3.05) is 24.2 Å². The van der Waals surface area contributed by atoms with E-state index in [-0.39, 0.29) is 0 Å². The molecule has 0 spiro atoms. The fourth-order valence-corrected chi connectivity index (χ4v) is 2.68. The molecule has 5 heteroatoms. The van der Waals surface area contributed by atoms with Crippen LogP contribution < -0.4 is 15.8 Å². The topological polar surface area (TPSA) is 60.2 Å². The summed E-state index contributed by atoms with van der Waals surface area (Å²) in [6.45, 7) is 3.59. The van der Waals surface area contributed by atoms with Gasteiger partial charge in [0.05, 0.1) is 11.4 Å². The highest BCUT2D eigenvalue weighted by Crippen LogP contribution is 2.35. The molecule has 3 rings (SSSR count). The minimum Gasteiger partial charge on any atom is -0.490 e. The lowest BCUT2D eigenvalue weighted by molar-refractivity contribution is 0.323. The molecule has 1 aliphatic rings. The van der Waals surface area contributed by atoms with Crippen molar-refractivity contribution in [1.82, 2.24) is 4.98 Å². The standard InChI is InChI=1S/C12H13N3OS/c1-7-11(15-12(13)17-7)8-2-3-10-9(6-8)14-4-5-16-10/h2-3,6,14H,4-5H2,1H3,(H2,13,15). The summed E-state index contributed by atoms with van der Waals surface area (Å²) in [5.41, 5.74) is 8.79. The lowest BCUT2D eigenvalue weighted by atomic mass is 10.1. The Morgan fingerprint density at radius 2 is 2.35 bits per heavy atom. The van der Waals surface area contributed by atoms with E-state index in [9.17, 15) is 0 Å². The van der Waals surface area contributed by atoms with Gasteiger partial charge in [0, 0.05) is 17.0 Å². The molecule has 2 heterocycles. The zero-order chi connectivity index (χ0) is 11.8. The molecule has 1 aliphatic heterocycles. The van der Waals surface area contributed by atoms with Gasteiger partial charge in [0.15, 0.2) is 5.13 Å². The quantitative estimate of drug-likeness (QED) is 0.813. The number of aryl methyl sites for hydroxylation is 1. The highest BCUT2D eigenvalue weighted by molar-refractivity contribution is 7.15. The fraction of sp³-hybridized carbons (Fsp3) is 0.250. The van der Waals surface area contributed by atoms with Gasteiger partial charge in [-0.2, -0.15) is 0 Å². The second kappa shape index (κ2) is 3.92. The molecule has 0 atom stereocenters. The molecule has 0 unspecified atom stereocenters. The van der Waals surface area contributed by atoms with Crippen LogP contribution in [0.25, 0.3) is 11.3 Å². The van der Waals surface area contributed by atoms with E-state index >= 15 is 0 Å². The first-order valence-electron chi connectivity index (χ1n) is 5.48. The maximum Gasteiger partial charge on any atom is 0.180 e. The smallest absolute Gasteiger partial charge is 0.180 e. The van der Waals surface area contributed by atoms with Gasteiger partial charge in [-0.3, -0.25) is 0 Å². The maximum atomic E-state index is 5.72. The van der Waals surface area contributed by atoms with Crippen LogP contribution in [0, 0.1) is 6.92 Å². The number of ether oxygens (including phenoxy) is 1. The van der Waals surface area contributed by atoms with Gasteiger partial charge in [-0.25, -0.2) is 4.98 Å². The zero-order valence-corrected chi connectivity index (χ0v) is 10.3. The van der Waals surface area contributed by atoms with Crippen LogP contribution in [0.1, 0.15) is 4.88 Å². The number of anilines is 2. The minimum absolute atomic E-state index is 0.611. The minimum atomic E-state index is 0.611. The van der Waals surface area contributed by atoms with Gasteiger partial charge < -0.3 is 15.8 Å². The molecule has 1 aromatic carbocycles. The number of nitrogens with zero attached hydrogens (tertiary/aromatic N) is 1. The molecule has 1 aromatic heterocycles. The summed E-state index contributed by atoms with van der Waals surface area (Å²) in [7, 11) is 0. The first-order valence-corrected chi connectivity index (χ1v) is 6.30. The third kappa shape index (κ3) is 1.82. The summed E-state index contributed by atoms with van der Waals surface area (Å²) in [4.78, 5) is 5.50. The van der Waals surface area contributed by atoms with Crippen LogP contribution in [0.2, 0.25) is 0 Å². The van der Waals surface area contributed by atoms with Gasteiger partial charge in [0.2, 0.25) is 0 Å². The Labute approximate surface area is 103 Å². The monoisotopic (exact) mass is 247 g/mol. The molecule has 0 aliphatic carbocycles. The average Bonchev–Trinajstić information content (AvgIpc) is 2.68.